The molecule has 0 radical (unpaired) electrons. The normalized spacial score (nSPS) is 10.3. The highest BCUT2D eigenvalue weighted by molar-refractivity contribution is 5.90. The number of anilines is 1. The van der Waals surface area contributed by atoms with Crippen molar-refractivity contribution in [1.82, 2.24) is 10.2 Å². The van der Waals surface area contributed by atoms with Gasteiger partial charge in [-0.05, 0) is 25.0 Å². The third-order valence-corrected chi connectivity index (χ3v) is 2.71. The third-order valence-electron chi connectivity index (χ3n) is 2.71. The van der Waals surface area contributed by atoms with Crippen molar-refractivity contribution in [1.29, 1.82) is 0 Å². The first-order valence-electron chi connectivity index (χ1n) is 5.73. The summed E-state index contributed by atoms with van der Waals surface area (Å²) in [6.45, 7) is 1.86. The number of phenols is 1. The molecule has 1 aromatic heterocycles. The smallest absolute Gasteiger partial charge is 0.225 e. The molecule has 1 aromatic carbocycles. The Morgan fingerprint density at radius 1 is 1.44 bits per heavy atom. The van der Waals surface area contributed by atoms with Gasteiger partial charge in [0.1, 0.15) is 11.6 Å². The fourth-order valence-electron chi connectivity index (χ4n) is 1.65. The number of rotatable bonds is 4. The van der Waals surface area contributed by atoms with Gasteiger partial charge in [-0.1, -0.05) is 18.2 Å². The molecule has 18 heavy (non-hydrogen) atoms. The van der Waals surface area contributed by atoms with Crippen molar-refractivity contribution >= 4 is 11.7 Å². The van der Waals surface area contributed by atoms with Gasteiger partial charge in [-0.25, -0.2) is 0 Å². The Bertz CT molecular complexity index is 549. The van der Waals surface area contributed by atoms with Crippen molar-refractivity contribution in [2.75, 3.05) is 5.32 Å². The number of aromatic hydroxyl groups is 1. The zero-order valence-electron chi connectivity index (χ0n) is 10.1. The fourth-order valence-corrected chi connectivity index (χ4v) is 1.65. The summed E-state index contributed by atoms with van der Waals surface area (Å²) >= 11 is 0. The van der Waals surface area contributed by atoms with Crippen LogP contribution in [0.25, 0.3) is 0 Å². The van der Waals surface area contributed by atoms with E-state index >= 15 is 0 Å². The molecular formula is C13H15N3O2. The van der Waals surface area contributed by atoms with Gasteiger partial charge in [0.15, 0.2) is 0 Å². The van der Waals surface area contributed by atoms with Crippen molar-refractivity contribution in [2.45, 2.75) is 19.8 Å². The molecule has 3 N–H and O–H groups in total. The van der Waals surface area contributed by atoms with E-state index in [1.54, 1.807) is 18.3 Å². The molecule has 0 saturated carbocycles. The fraction of sp³-hybridized carbons (Fsp3) is 0.231. The number of phenolic OH excluding ortho intramolecular Hbond substituents is 1. The first-order valence-corrected chi connectivity index (χ1v) is 5.73. The highest BCUT2D eigenvalue weighted by atomic mass is 16.3. The second-order valence-corrected chi connectivity index (χ2v) is 4.10. The third kappa shape index (κ3) is 2.88. The number of aromatic amines is 1. The van der Waals surface area contributed by atoms with E-state index in [-0.39, 0.29) is 11.7 Å². The van der Waals surface area contributed by atoms with Gasteiger partial charge in [0.25, 0.3) is 0 Å². The van der Waals surface area contributed by atoms with Crippen LogP contribution in [0, 0.1) is 6.92 Å². The predicted octanol–water partition coefficient (Wildman–Crippen LogP) is 2.00. The van der Waals surface area contributed by atoms with Crippen molar-refractivity contribution in [3.8, 4) is 5.75 Å². The van der Waals surface area contributed by atoms with Gasteiger partial charge in [-0.3, -0.25) is 9.89 Å². The monoisotopic (exact) mass is 245 g/mol. The largest absolute Gasteiger partial charge is 0.508 e. The van der Waals surface area contributed by atoms with Crippen LogP contribution >= 0.6 is 0 Å². The number of nitrogens with one attached hydrogen (secondary N) is 2. The number of para-hydroxylation sites is 1. The van der Waals surface area contributed by atoms with E-state index in [0.717, 1.165) is 11.1 Å². The Morgan fingerprint density at radius 2 is 2.22 bits per heavy atom. The Hall–Kier alpha value is -2.30. The van der Waals surface area contributed by atoms with Gasteiger partial charge in [0, 0.05) is 12.0 Å². The minimum absolute atomic E-state index is 0.106. The van der Waals surface area contributed by atoms with E-state index in [9.17, 15) is 9.90 Å². The van der Waals surface area contributed by atoms with E-state index in [0.29, 0.717) is 18.7 Å². The van der Waals surface area contributed by atoms with Crippen LogP contribution in [-0.4, -0.2) is 21.2 Å². The van der Waals surface area contributed by atoms with Crippen molar-refractivity contribution in [3.05, 3.63) is 41.6 Å². The number of benzene rings is 1. The van der Waals surface area contributed by atoms with Crippen LogP contribution in [0.1, 0.15) is 17.5 Å². The average Bonchev–Trinajstić information content (AvgIpc) is 2.74. The lowest BCUT2D eigenvalue weighted by molar-refractivity contribution is -0.116. The summed E-state index contributed by atoms with van der Waals surface area (Å²) in [5.41, 5.74) is 1.67. The summed E-state index contributed by atoms with van der Waals surface area (Å²) in [6, 6.07) is 7.02. The quantitative estimate of drug-likeness (QED) is 0.770. The minimum Gasteiger partial charge on any atom is -0.508 e. The van der Waals surface area contributed by atoms with Crippen molar-refractivity contribution in [2.24, 2.45) is 0 Å². The second-order valence-electron chi connectivity index (χ2n) is 4.10. The molecule has 0 aliphatic heterocycles. The van der Waals surface area contributed by atoms with Gasteiger partial charge in [-0.2, -0.15) is 5.10 Å². The van der Waals surface area contributed by atoms with Crippen LogP contribution in [0.3, 0.4) is 0 Å². The predicted molar refractivity (Wildman–Crippen MR) is 68.4 cm³/mol. The lowest BCUT2D eigenvalue weighted by atomic mass is 10.1. The van der Waals surface area contributed by atoms with Crippen LogP contribution < -0.4 is 5.32 Å². The molecule has 94 valence electrons. The van der Waals surface area contributed by atoms with E-state index in [1.807, 2.05) is 19.1 Å². The van der Waals surface area contributed by atoms with Gasteiger partial charge in [0.05, 0.1) is 6.20 Å². The molecule has 0 atom stereocenters. The van der Waals surface area contributed by atoms with Gasteiger partial charge in [0.2, 0.25) is 5.91 Å². The number of aromatic nitrogens is 2. The number of amides is 1. The summed E-state index contributed by atoms with van der Waals surface area (Å²) in [5, 5.41) is 18.9. The highest BCUT2D eigenvalue weighted by Gasteiger charge is 2.07. The summed E-state index contributed by atoms with van der Waals surface area (Å²) < 4.78 is 0. The lowest BCUT2D eigenvalue weighted by Crippen LogP contribution is -2.13. The summed E-state index contributed by atoms with van der Waals surface area (Å²) in [4.78, 5) is 11.7. The topological polar surface area (TPSA) is 78.0 Å². The molecular weight excluding hydrogens is 230 g/mol. The number of carbonyl (C=O) groups excluding carboxylic acids is 1. The molecule has 1 heterocycles. The Labute approximate surface area is 105 Å². The van der Waals surface area contributed by atoms with Crippen LogP contribution in [-0.2, 0) is 11.2 Å². The number of hydrogen-bond donors (Lipinski definition) is 3. The van der Waals surface area contributed by atoms with E-state index in [1.165, 1.54) is 0 Å². The Balaban J connectivity index is 1.90. The first kappa shape index (κ1) is 12.2. The molecule has 5 heteroatoms. The number of hydrogen-bond acceptors (Lipinski definition) is 3. The molecule has 0 spiro atoms. The molecule has 0 aliphatic rings. The molecule has 1 amide bonds. The Kier molecular flexibility index (Phi) is 3.62. The van der Waals surface area contributed by atoms with Crippen molar-refractivity contribution < 1.29 is 9.90 Å². The number of H-pyrrole nitrogens is 1. The second kappa shape index (κ2) is 5.35. The van der Waals surface area contributed by atoms with Crippen LogP contribution in [0.2, 0.25) is 0 Å². The van der Waals surface area contributed by atoms with Crippen molar-refractivity contribution in [3.63, 3.8) is 0 Å². The van der Waals surface area contributed by atoms with Crippen LogP contribution in [0.5, 0.6) is 5.75 Å². The molecule has 0 aliphatic carbocycles. The minimum atomic E-state index is -0.106. The molecule has 0 unspecified atom stereocenters. The Morgan fingerprint density at radius 3 is 2.89 bits per heavy atom. The lowest BCUT2D eigenvalue weighted by Gasteiger charge is -2.05. The maximum absolute atomic E-state index is 11.7. The number of aryl methyl sites for hydroxylation is 2. The van der Waals surface area contributed by atoms with E-state index in [4.69, 9.17) is 0 Å². The molecule has 0 bridgehead atoms. The molecule has 2 aromatic rings. The zero-order chi connectivity index (χ0) is 13.0. The zero-order valence-corrected chi connectivity index (χ0v) is 10.1. The molecule has 0 fully saturated rings. The van der Waals surface area contributed by atoms with E-state index < -0.39 is 0 Å². The van der Waals surface area contributed by atoms with Crippen LogP contribution in [0.4, 0.5) is 5.82 Å². The van der Waals surface area contributed by atoms with Gasteiger partial charge in [-0.15, -0.1) is 0 Å². The summed E-state index contributed by atoms with van der Waals surface area (Å²) in [7, 11) is 0. The van der Waals surface area contributed by atoms with Crippen LogP contribution in [0.15, 0.2) is 30.5 Å². The molecule has 2 rings (SSSR count). The standard InChI is InChI=1S/C13H15N3O2/c1-9-8-14-16-13(9)15-12(18)7-6-10-4-2-3-5-11(10)17/h2-5,8,17H,6-7H2,1H3,(H2,14,15,16,18). The van der Waals surface area contributed by atoms with Gasteiger partial charge < -0.3 is 10.4 Å². The average molecular weight is 245 g/mol. The maximum atomic E-state index is 11.7. The maximum Gasteiger partial charge on any atom is 0.225 e. The number of nitrogens with zero attached hydrogens (tertiary/aromatic N) is 1. The van der Waals surface area contributed by atoms with Gasteiger partial charge >= 0.3 is 0 Å². The number of carbonyl (C=O) groups is 1. The van der Waals surface area contributed by atoms with E-state index in [2.05, 4.69) is 15.5 Å². The SMILES string of the molecule is Cc1cn[nH]c1NC(=O)CCc1ccccc1O. The molecule has 0 saturated heterocycles. The summed E-state index contributed by atoms with van der Waals surface area (Å²) in [5.74, 6) is 0.742. The highest BCUT2D eigenvalue weighted by Crippen LogP contribution is 2.17. The summed E-state index contributed by atoms with van der Waals surface area (Å²) in [6.07, 6.45) is 2.47. The first-order chi connectivity index (χ1) is 8.66. The molecule has 5 nitrogen and oxygen atoms in total.